The van der Waals surface area contributed by atoms with E-state index in [-0.39, 0.29) is 57.2 Å². The molecule has 14 heteroatoms. The van der Waals surface area contributed by atoms with Gasteiger partial charge in [0.2, 0.25) is 11.8 Å². The fourth-order valence-corrected chi connectivity index (χ4v) is 9.18. The van der Waals surface area contributed by atoms with Gasteiger partial charge in [0.25, 0.3) is 0 Å². The van der Waals surface area contributed by atoms with Gasteiger partial charge in [-0.15, -0.1) is 11.8 Å². The number of carboxylic acid groups (broad SMARTS) is 1. The quantitative estimate of drug-likeness (QED) is 0.0246. The van der Waals surface area contributed by atoms with Crippen LogP contribution in [-0.2, 0) is 47.6 Å². The van der Waals surface area contributed by atoms with Crippen LogP contribution in [0.5, 0.6) is 5.75 Å². The number of nitrogens with one attached hydrogen (secondary N) is 2. The third kappa shape index (κ3) is 14.7. The van der Waals surface area contributed by atoms with Crippen molar-refractivity contribution in [3.8, 4) is 16.9 Å². The molecule has 0 aromatic heterocycles. The monoisotopic (exact) mass is 918 g/mol. The molecule has 66 heavy (non-hydrogen) atoms. The van der Waals surface area contributed by atoms with Crippen molar-refractivity contribution in [3.05, 3.63) is 161 Å². The lowest BCUT2D eigenvalue weighted by atomic mass is 9.84. The standard InChI is InChI=1S/C52H58N2O11S/c55-48(25-35-66-52(39-12-3-1-4-13-39,40-14-5-2-6-15-40)41-21-23-42(24-22-41)64-28-11-20-50(57)58)53-26-29-60-31-32-61-30-27-54-49(56)37-62-33-34-63-38-51(59)65-36-47-45-18-9-7-16-43(45)44-17-8-10-19-46(44)47/h1-10,12-19,21-24,47H,11,20,25-38H2,(H,53,55)(H,54,56)(H,57,58). The van der Waals surface area contributed by atoms with E-state index in [4.69, 9.17) is 33.5 Å². The number of thioether (sulfide) groups is 1. The Balaban J connectivity index is 0.791. The van der Waals surface area contributed by atoms with Crippen molar-refractivity contribution in [1.29, 1.82) is 0 Å². The molecular formula is C52H58N2O11S. The number of hydrogen-bond donors (Lipinski definition) is 3. The zero-order chi connectivity index (χ0) is 46.2. The highest BCUT2D eigenvalue weighted by Crippen LogP contribution is 2.49. The second-order valence-electron chi connectivity index (χ2n) is 15.3. The number of rotatable bonds is 30. The van der Waals surface area contributed by atoms with Crippen LogP contribution in [0, 0.1) is 0 Å². The SMILES string of the molecule is O=C(O)CCCOc1ccc(C(SCCC(=O)NCCOCCOCCNC(=O)COCCOCC(=O)OCC2c3ccccc3-c3ccccc32)(c2ccccc2)c2ccccc2)cc1. The number of esters is 1. The van der Waals surface area contributed by atoms with Crippen molar-refractivity contribution in [3.63, 3.8) is 0 Å². The molecule has 1 aliphatic carbocycles. The Hall–Kier alpha value is -6.03. The first-order valence-corrected chi connectivity index (χ1v) is 23.2. The minimum Gasteiger partial charge on any atom is -0.494 e. The highest BCUT2D eigenvalue weighted by molar-refractivity contribution is 8.00. The highest BCUT2D eigenvalue weighted by Gasteiger charge is 2.37. The molecule has 2 amide bonds. The highest BCUT2D eigenvalue weighted by atomic mass is 32.2. The fourth-order valence-electron chi connectivity index (χ4n) is 7.67. The molecule has 0 atom stereocenters. The first kappa shape index (κ1) is 49.4. The van der Waals surface area contributed by atoms with Gasteiger partial charge in [-0.2, -0.15) is 0 Å². The number of amides is 2. The smallest absolute Gasteiger partial charge is 0.332 e. The summed E-state index contributed by atoms with van der Waals surface area (Å²) in [5.41, 5.74) is 7.80. The van der Waals surface area contributed by atoms with Crippen molar-refractivity contribution in [2.45, 2.75) is 29.9 Å². The number of carboxylic acids is 1. The minimum atomic E-state index is -0.848. The Kier molecular flexibility index (Phi) is 20.1. The molecule has 3 N–H and O–H groups in total. The summed E-state index contributed by atoms with van der Waals surface area (Å²) in [7, 11) is 0. The summed E-state index contributed by atoms with van der Waals surface area (Å²) in [5.74, 6) is -0.491. The first-order chi connectivity index (χ1) is 32.3. The second kappa shape index (κ2) is 26.8. The normalized spacial score (nSPS) is 11.9. The van der Waals surface area contributed by atoms with Gasteiger partial charge >= 0.3 is 11.9 Å². The van der Waals surface area contributed by atoms with Crippen LogP contribution in [0.4, 0.5) is 0 Å². The van der Waals surface area contributed by atoms with Crippen LogP contribution in [0.2, 0.25) is 0 Å². The summed E-state index contributed by atoms with van der Waals surface area (Å²) in [4.78, 5) is 48.3. The number of ether oxygens (including phenoxy) is 6. The lowest BCUT2D eigenvalue weighted by molar-refractivity contribution is -0.150. The maximum atomic E-state index is 12.9. The fraction of sp³-hybridized carbons (Fsp3) is 0.346. The van der Waals surface area contributed by atoms with Crippen molar-refractivity contribution in [2.75, 3.05) is 84.9 Å². The Morgan fingerprint density at radius 3 is 1.65 bits per heavy atom. The molecule has 0 heterocycles. The Morgan fingerprint density at radius 2 is 1.06 bits per heavy atom. The molecule has 0 saturated carbocycles. The summed E-state index contributed by atoms with van der Waals surface area (Å²) in [6, 6.07) is 44.6. The third-order valence-electron chi connectivity index (χ3n) is 10.8. The first-order valence-electron chi connectivity index (χ1n) is 22.2. The van der Waals surface area contributed by atoms with Crippen LogP contribution in [0.25, 0.3) is 11.1 Å². The van der Waals surface area contributed by atoms with Crippen molar-refractivity contribution < 1.29 is 52.7 Å². The average Bonchev–Trinajstić information content (AvgIpc) is 3.66. The maximum absolute atomic E-state index is 12.9. The van der Waals surface area contributed by atoms with E-state index in [0.717, 1.165) is 38.9 Å². The van der Waals surface area contributed by atoms with E-state index >= 15 is 0 Å². The summed E-state index contributed by atoms with van der Waals surface area (Å²) in [6.45, 7) is 2.44. The molecule has 0 fully saturated rings. The summed E-state index contributed by atoms with van der Waals surface area (Å²) in [6.07, 6.45) is 0.774. The number of fused-ring (bicyclic) bond motifs is 3. The van der Waals surface area contributed by atoms with Crippen LogP contribution >= 0.6 is 11.8 Å². The maximum Gasteiger partial charge on any atom is 0.332 e. The van der Waals surface area contributed by atoms with Gasteiger partial charge in [-0.05, 0) is 57.5 Å². The van der Waals surface area contributed by atoms with E-state index in [1.165, 1.54) is 0 Å². The largest absolute Gasteiger partial charge is 0.494 e. The number of carbonyl (C=O) groups is 4. The van der Waals surface area contributed by atoms with Crippen LogP contribution in [0.3, 0.4) is 0 Å². The number of hydrogen-bond acceptors (Lipinski definition) is 11. The van der Waals surface area contributed by atoms with E-state index in [1.807, 2.05) is 84.9 Å². The van der Waals surface area contributed by atoms with E-state index in [2.05, 4.69) is 59.2 Å². The Bertz CT molecular complexity index is 2190. The summed E-state index contributed by atoms with van der Waals surface area (Å²) < 4.78 is 32.7. The molecule has 0 saturated heterocycles. The molecular weight excluding hydrogens is 861 g/mol. The van der Waals surface area contributed by atoms with E-state index in [1.54, 1.807) is 11.8 Å². The van der Waals surface area contributed by atoms with Gasteiger partial charge in [0.05, 0.1) is 51.0 Å². The lowest BCUT2D eigenvalue weighted by Crippen LogP contribution is -2.31. The molecule has 0 bridgehead atoms. The van der Waals surface area contributed by atoms with Crippen LogP contribution in [0.15, 0.2) is 133 Å². The van der Waals surface area contributed by atoms with Crippen LogP contribution in [-0.4, -0.2) is 114 Å². The zero-order valence-electron chi connectivity index (χ0n) is 37.0. The molecule has 0 unspecified atom stereocenters. The van der Waals surface area contributed by atoms with Gasteiger partial charge < -0.3 is 44.2 Å². The van der Waals surface area contributed by atoms with Gasteiger partial charge in [-0.3, -0.25) is 14.4 Å². The number of aliphatic carboxylic acids is 1. The van der Waals surface area contributed by atoms with Crippen molar-refractivity contribution >= 4 is 35.5 Å². The van der Waals surface area contributed by atoms with E-state index in [9.17, 15) is 19.2 Å². The summed E-state index contributed by atoms with van der Waals surface area (Å²) in [5, 5.41) is 14.6. The van der Waals surface area contributed by atoms with E-state index in [0.29, 0.717) is 70.5 Å². The summed E-state index contributed by atoms with van der Waals surface area (Å²) >= 11 is 1.69. The van der Waals surface area contributed by atoms with Crippen molar-refractivity contribution in [1.82, 2.24) is 10.6 Å². The van der Waals surface area contributed by atoms with Gasteiger partial charge in [0, 0.05) is 37.6 Å². The molecule has 13 nitrogen and oxygen atoms in total. The molecule has 5 aromatic rings. The van der Waals surface area contributed by atoms with E-state index < -0.39 is 16.7 Å². The lowest BCUT2D eigenvalue weighted by Gasteiger charge is -2.35. The number of carbonyl (C=O) groups excluding carboxylic acids is 3. The minimum absolute atomic E-state index is 0.0166. The molecule has 348 valence electrons. The molecule has 5 aromatic carbocycles. The zero-order valence-corrected chi connectivity index (χ0v) is 37.8. The van der Waals surface area contributed by atoms with Crippen molar-refractivity contribution in [2.24, 2.45) is 0 Å². The Morgan fingerprint density at radius 1 is 0.545 bits per heavy atom. The van der Waals surface area contributed by atoms with Crippen LogP contribution in [0.1, 0.15) is 53.0 Å². The second-order valence-corrected chi connectivity index (χ2v) is 16.6. The molecule has 0 aliphatic heterocycles. The van der Waals surface area contributed by atoms with Crippen LogP contribution < -0.4 is 15.4 Å². The van der Waals surface area contributed by atoms with Gasteiger partial charge in [0.1, 0.15) is 25.6 Å². The van der Waals surface area contributed by atoms with Gasteiger partial charge in [-0.1, -0.05) is 121 Å². The molecule has 0 radical (unpaired) electrons. The Labute approximate surface area is 390 Å². The predicted molar refractivity (Wildman–Crippen MR) is 253 cm³/mol. The third-order valence-corrected chi connectivity index (χ3v) is 12.3. The number of benzene rings is 5. The predicted octanol–water partition coefficient (Wildman–Crippen LogP) is 7.00. The van der Waals surface area contributed by atoms with Gasteiger partial charge in [0.15, 0.2) is 0 Å². The topological polar surface area (TPSA) is 168 Å². The molecule has 6 rings (SSSR count). The molecule has 1 aliphatic rings. The average molecular weight is 919 g/mol. The molecule has 0 spiro atoms. The van der Waals surface area contributed by atoms with Gasteiger partial charge in [-0.25, -0.2) is 4.79 Å².